The van der Waals surface area contributed by atoms with Gasteiger partial charge >= 0.3 is 10.1 Å². The second-order valence-electron chi connectivity index (χ2n) is 7.31. The molecule has 1 N–H and O–H groups in total. The first-order valence-corrected chi connectivity index (χ1v) is 11.8. The van der Waals surface area contributed by atoms with E-state index in [0.29, 0.717) is 12.1 Å². The Labute approximate surface area is 170 Å². The number of unbranched alkanes of at least 4 members (excludes halogenated alkanes) is 5. The highest BCUT2D eigenvalue weighted by Gasteiger charge is 2.19. The van der Waals surface area contributed by atoms with E-state index in [1.165, 1.54) is 12.8 Å². The molecule has 0 heterocycles. The monoisotopic (exact) mass is 413 g/mol. The van der Waals surface area contributed by atoms with Gasteiger partial charge in [-0.05, 0) is 30.4 Å². The molecule has 1 rings (SSSR count). The Kier molecular flexibility index (Phi) is 11.3. The van der Waals surface area contributed by atoms with E-state index >= 15 is 0 Å². The Balaban J connectivity index is 2.60. The van der Waals surface area contributed by atoms with Crippen LogP contribution in [-0.2, 0) is 19.3 Å². The minimum Gasteiger partial charge on any atom is -0.268 e. The molecular weight excluding hydrogens is 378 g/mol. The van der Waals surface area contributed by atoms with Crippen LogP contribution >= 0.6 is 0 Å². The molecule has 160 valence electrons. The van der Waals surface area contributed by atoms with Gasteiger partial charge in [0, 0.05) is 0 Å². The van der Waals surface area contributed by atoms with E-state index in [0.717, 1.165) is 36.8 Å². The van der Waals surface area contributed by atoms with Gasteiger partial charge in [-0.2, -0.15) is 8.42 Å². The molecule has 1 aromatic carbocycles. The number of nitrogens with zero attached hydrogens (tertiary/aromatic N) is 1. The van der Waals surface area contributed by atoms with Crippen LogP contribution < -0.4 is 0 Å². The molecule has 1 aromatic rings. The van der Waals surface area contributed by atoms with E-state index in [-0.39, 0.29) is 11.7 Å². The summed E-state index contributed by atoms with van der Waals surface area (Å²) in [6.07, 6.45) is 6.50. The Hall–Kier alpha value is -1.44. The molecule has 0 spiro atoms. The van der Waals surface area contributed by atoms with E-state index in [1.807, 2.05) is 38.1 Å². The van der Waals surface area contributed by atoms with Crippen molar-refractivity contribution >= 4 is 15.8 Å². The van der Waals surface area contributed by atoms with Crippen molar-refractivity contribution in [2.75, 3.05) is 5.75 Å². The van der Waals surface area contributed by atoms with Gasteiger partial charge in [0.25, 0.3) is 0 Å². The lowest BCUT2D eigenvalue weighted by molar-refractivity contribution is -0.293. The molecule has 0 aromatic heterocycles. The zero-order chi connectivity index (χ0) is 21.0. The predicted molar refractivity (Wildman–Crippen MR) is 113 cm³/mol. The van der Waals surface area contributed by atoms with E-state index in [2.05, 4.69) is 17.0 Å². The summed E-state index contributed by atoms with van der Waals surface area (Å²) in [6, 6.07) is 7.30. The van der Waals surface area contributed by atoms with Crippen LogP contribution in [0.2, 0.25) is 0 Å². The highest BCUT2D eigenvalue weighted by molar-refractivity contribution is 7.86. The summed E-state index contributed by atoms with van der Waals surface area (Å²) in [6.45, 7) is 7.88. The van der Waals surface area contributed by atoms with Crippen molar-refractivity contribution in [1.29, 1.82) is 0 Å². The van der Waals surface area contributed by atoms with Crippen molar-refractivity contribution < 1.29 is 22.8 Å². The van der Waals surface area contributed by atoms with Crippen LogP contribution in [0, 0.1) is 5.92 Å². The molecule has 0 saturated heterocycles. The van der Waals surface area contributed by atoms with Crippen molar-refractivity contribution in [3.63, 3.8) is 0 Å². The van der Waals surface area contributed by atoms with Gasteiger partial charge in [-0.25, -0.2) is 4.89 Å². The largest absolute Gasteiger partial charge is 0.328 e. The topological polar surface area (TPSA) is 85.2 Å². The van der Waals surface area contributed by atoms with Crippen LogP contribution in [0.4, 0.5) is 0 Å². The molecular formula is C21H35NO5S. The number of rotatable bonds is 14. The van der Waals surface area contributed by atoms with E-state index in [1.54, 1.807) is 6.92 Å². The molecule has 0 bridgehead atoms. The van der Waals surface area contributed by atoms with Crippen molar-refractivity contribution in [3.8, 4) is 0 Å². The van der Waals surface area contributed by atoms with E-state index in [9.17, 15) is 8.42 Å². The smallest absolute Gasteiger partial charge is 0.268 e. The third kappa shape index (κ3) is 8.71. The Morgan fingerprint density at radius 1 is 1.07 bits per heavy atom. The van der Waals surface area contributed by atoms with Gasteiger partial charge in [-0.1, -0.05) is 88.7 Å². The first-order chi connectivity index (χ1) is 13.3. The Morgan fingerprint density at radius 2 is 1.68 bits per heavy atom. The third-order valence-electron chi connectivity index (χ3n) is 4.97. The lowest BCUT2D eigenvalue weighted by Crippen LogP contribution is -2.12. The Bertz CT molecular complexity index is 685. The molecule has 0 aliphatic carbocycles. The van der Waals surface area contributed by atoms with Gasteiger partial charge in [0.1, 0.15) is 6.10 Å². The third-order valence-corrected chi connectivity index (χ3v) is 6.06. The molecule has 0 saturated carbocycles. The minimum absolute atomic E-state index is 0.0146. The predicted octanol–water partition coefficient (Wildman–Crippen LogP) is 5.69. The standard InChI is InChI=1S/C21H35NO5S/c1-5-7-8-9-10-11-16-28(24,25)27-22-18(4)19-12-14-20(15-13-19)21(26-23)17(3)6-2/h12-15,17,21,23H,5-11,16H2,1-4H3/b22-18-. The zero-order valence-corrected chi connectivity index (χ0v) is 18.4. The summed E-state index contributed by atoms with van der Waals surface area (Å²) in [4.78, 5) is 4.62. The molecule has 28 heavy (non-hydrogen) atoms. The lowest BCUT2D eigenvalue weighted by Gasteiger charge is -2.20. The summed E-state index contributed by atoms with van der Waals surface area (Å²) >= 11 is 0. The normalized spacial score (nSPS) is 14.7. The zero-order valence-electron chi connectivity index (χ0n) is 17.6. The van der Waals surface area contributed by atoms with Crippen molar-refractivity contribution in [1.82, 2.24) is 0 Å². The Morgan fingerprint density at radius 3 is 2.25 bits per heavy atom. The van der Waals surface area contributed by atoms with Crippen LogP contribution in [0.25, 0.3) is 0 Å². The van der Waals surface area contributed by atoms with Crippen LogP contribution in [-0.4, -0.2) is 25.1 Å². The SMILES string of the molecule is CCCCCCCCS(=O)(=O)O/N=C(/C)c1ccc(C(OO)C(C)CC)cc1. The van der Waals surface area contributed by atoms with Crippen LogP contribution in [0.1, 0.15) is 89.9 Å². The van der Waals surface area contributed by atoms with Gasteiger partial charge in [-0.15, -0.1) is 0 Å². The van der Waals surface area contributed by atoms with Gasteiger partial charge in [0.2, 0.25) is 0 Å². The molecule has 0 radical (unpaired) electrons. The van der Waals surface area contributed by atoms with Crippen LogP contribution in [0.15, 0.2) is 29.4 Å². The van der Waals surface area contributed by atoms with E-state index in [4.69, 9.17) is 9.54 Å². The fraction of sp³-hybridized carbons (Fsp3) is 0.667. The molecule has 0 aliphatic heterocycles. The maximum atomic E-state index is 12.0. The lowest BCUT2D eigenvalue weighted by atomic mass is 9.94. The first-order valence-electron chi connectivity index (χ1n) is 10.2. The van der Waals surface area contributed by atoms with Gasteiger partial charge < -0.3 is 0 Å². The maximum absolute atomic E-state index is 12.0. The fourth-order valence-electron chi connectivity index (χ4n) is 2.88. The number of oxime groups is 1. The quantitative estimate of drug-likeness (QED) is 0.183. The van der Waals surface area contributed by atoms with Crippen molar-refractivity contribution in [3.05, 3.63) is 35.4 Å². The molecule has 2 atom stereocenters. The number of hydrogen-bond donors (Lipinski definition) is 1. The number of benzene rings is 1. The van der Waals surface area contributed by atoms with Crippen LogP contribution in [0.3, 0.4) is 0 Å². The highest BCUT2D eigenvalue weighted by Crippen LogP contribution is 2.27. The van der Waals surface area contributed by atoms with Crippen molar-refractivity contribution in [2.45, 2.75) is 78.7 Å². The average molecular weight is 414 g/mol. The average Bonchev–Trinajstić information content (AvgIpc) is 2.69. The fourth-order valence-corrected chi connectivity index (χ4v) is 3.74. The highest BCUT2D eigenvalue weighted by atomic mass is 32.2. The van der Waals surface area contributed by atoms with Gasteiger partial charge in [0.15, 0.2) is 0 Å². The molecule has 0 amide bonds. The summed E-state index contributed by atoms with van der Waals surface area (Å²) in [5.74, 6) is 0.153. The van der Waals surface area contributed by atoms with Crippen molar-refractivity contribution in [2.24, 2.45) is 11.1 Å². The number of hydrogen-bond acceptors (Lipinski definition) is 6. The summed E-state index contributed by atoms with van der Waals surface area (Å²) in [7, 11) is -3.66. The van der Waals surface area contributed by atoms with Gasteiger partial charge in [-0.3, -0.25) is 9.54 Å². The maximum Gasteiger partial charge on any atom is 0.328 e. The molecule has 2 unspecified atom stereocenters. The minimum atomic E-state index is -3.66. The first kappa shape index (κ1) is 24.6. The van der Waals surface area contributed by atoms with E-state index < -0.39 is 16.2 Å². The molecule has 7 heteroatoms. The van der Waals surface area contributed by atoms with Gasteiger partial charge in [0.05, 0.1) is 11.5 Å². The molecule has 6 nitrogen and oxygen atoms in total. The van der Waals surface area contributed by atoms with Crippen LogP contribution in [0.5, 0.6) is 0 Å². The summed E-state index contributed by atoms with van der Waals surface area (Å²) in [5.41, 5.74) is 2.08. The molecule has 0 fully saturated rings. The summed E-state index contributed by atoms with van der Waals surface area (Å²) < 4.78 is 28.8. The second kappa shape index (κ2) is 12.9. The molecule has 0 aliphatic rings. The second-order valence-corrected chi connectivity index (χ2v) is 8.99. The summed E-state index contributed by atoms with van der Waals surface area (Å²) in [5, 5.41) is 12.9.